The lowest BCUT2D eigenvalue weighted by atomic mass is 9.69. The first-order valence-electron chi connectivity index (χ1n) is 7.89. The Morgan fingerprint density at radius 3 is 2.50 bits per heavy atom. The van der Waals surface area contributed by atoms with Crippen LogP contribution in [0.2, 0.25) is 0 Å². The van der Waals surface area contributed by atoms with Gasteiger partial charge in [-0.15, -0.1) is 0 Å². The van der Waals surface area contributed by atoms with E-state index in [-0.39, 0.29) is 5.41 Å². The van der Waals surface area contributed by atoms with Gasteiger partial charge in [-0.25, -0.2) is 9.97 Å². The van der Waals surface area contributed by atoms with Gasteiger partial charge in [-0.1, -0.05) is 58.0 Å². The van der Waals surface area contributed by atoms with Crippen molar-refractivity contribution in [1.29, 1.82) is 0 Å². The SMILES string of the molecule is CC(C)c1cc2c3c(ncnc3c1)-c1ccccc1C2(C)C. The molecule has 1 aliphatic rings. The predicted molar refractivity (Wildman–Crippen MR) is 91.2 cm³/mol. The van der Waals surface area contributed by atoms with Crippen molar-refractivity contribution in [1.82, 2.24) is 9.97 Å². The summed E-state index contributed by atoms with van der Waals surface area (Å²) in [4.78, 5) is 9.16. The standard InChI is InChI=1S/C20H20N2/c1-12(2)13-9-16-18-17(10-13)21-11-22-19(18)14-7-5-6-8-15(14)20(16,3)4/h5-12H,1-4H3. The van der Waals surface area contributed by atoms with E-state index in [9.17, 15) is 0 Å². The lowest BCUT2D eigenvalue weighted by Gasteiger charge is -2.34. The third-order valence-electron chi connectivity index (χ3n) is 4.96. The summed E-state index contributed by atoms with van der Waals surface area (Å²) in [7, 11) is 0. The van der Waals surface area contributed by atoms with Gasteiger partial charge in [0.2, 0.25) is 0 Å². The van der Waals surface area contributed by atoms with Gasteiger partial charge in [0.25, 0.3) is 0 Å². The van der Waals surface area contributed by atoms with Crippen molar-refractivity contribution in [2.75, 3.05) is 0 Å². The van der Waals surface area contributed by atoms with Gasteiger partial charge in [0.15, 0.2) is 0 Å². The quantitative estimate of drug-likeness (QED) is 0.625. The highest BCUT2D eigenvalue weighted by atomic mass is 14.8. The number of hydrogen-bond acceptors (Lipinski definition) is 2. The fourth-order valence-corrected chi connectivity index (χ4v) is 3.62. The van der Waals surface area contributed by atoms with E-state index >= 15 is 0 Å². The Morgan fingerprint density at radius 1 is 0.955 bits per heavy atom. The van der Waals surface area contributed by atoms with Gasteiger partial charge in [0.05, 0.1) is 11.2 Å². The minimum absolute atomic E-state index is 0.0303. The Hall–Kier alpha value is -2.22. The Labute approximate surface area is 131 Å². The summed E-state index contributed by atoms with van der Waals surface area (Å²) in [6, 6.07) is 13.2. The largest absolute Gasteiger partial charge is 0.236 e. The summed E-state index contributed by atoms with van der Waals surface area (Å²) in [5.41, 5.74) is 7.40. The third-order valence-corrected chi connectivity index (χ3v) is 4.96. The molecule has 0 amide bonds. The molecule has 1 aliphatic carbocycles. The zero-order valence-corrected chi connectivity index (χ0v) is 13.5. The molecule has 22 heavy (non-hydrogen) atoms. The van der Waals surface area contributed by atoms with Crippen LogP contribution in [0.4, 0.5) is 0 Å². The summed E-state index contributed by atoms with van der Waals surface area (Å²) < 4.78 is 0. The first-order valence-corrected chi connectivity index (χ1v) is 7.89. The van der Waals surface area contributed by atoms with E-state index in [1.165, 1.54) is 27.6 Å². The summed E-state index contributed by atoms with van der Waals surface area (Å²) in [6.45, 7) is 9.08. The van der Waals surface area contributed by atoms with Crippen molar-refractivity contribution in [2.24, 2.45) is 0 Å². The van der Waals surface area contributed by atoms with Gasteiger partial charge in [-0.05, 0) is 28.7 Å². The van der Waals surface area contributed by atoms with Crippen LogP contribution in [-0.2, 0) is 5.41 Å². The van der Waals surface area contributed by atoms with E-state index in [4.69, 9.17) is 0 Å². The molecule has 2 aromatic carbocycles. The maximum atomic E-state index is 4.61. The normalized spacial score (nSPS) is 15.1. The fourth-order valence-electron chi connectivity index (χ4n) is 3.62. The second-order valence-electron chi connectivity index (χ2n) is 7.01. The maximum Gasteiger partial charge on any atom is 0.116 e. The van der Waals surface area contributed by atoms with Crippen molar-refractivity contribution in [3.63, 3.8) is 0 Å². The Morgan fingerprint density at radius 2 is 1.73 bits per heavy atom. The van der Waals surface area contributed by atoms with E-state index in [2.05, 4.69) is 74.1 Å². The van der Waals surface area contributed by atoms with Crippen molar-refractivity contribution < 1.29 is 0 Å². The van der Waals surface area contributed by atoms with Crippen LogP contribution in [0.3, 0.4) is 0 Å². The van der Waals surface area contributed by atoms with Crippen molar-refractivity contribution in [3.8, 4) is 11.3 Å². The first-order chi connectivity index (χ1) is 10.5. The van der Waals surface area contributed by atoms with Gasteiger partial charge in [0.1, 0.15) is 6.33 Å². The highest BCUT2D eigenvalue weighted by Gasteiger charge is 2.34. The molecule has 0 atom stereocenters. The lowest BCUT2D eigenvalue weighted by Crippen LogP contribution is -2.24. The monoisotopic (exact) mass is 288 g/mol. The van der Waals surface area contributed by atoms with E-state index in [1.54, 1.807) is 6.33 Å². The van der Waals surface area contributed by atoms with Crippen LogP contribution in [0.1, 0.15) is 50.3 Å². The number of hydrogen-bond donors (Lipinski definition) is 0. The average molecular weight is 288 g/mol. The Kier molecular flexibility index (Phi) is 2.68. The number of aromatic nitrogens is 2. The summed E-state index contributed by atoms with van der Waals surface area (Å²) in [5, 5.41) is 1.22. The number of fused-ring (bicyclic) bond motifs is 2. The summed E-state index contributed by atoms with van der Waals surface area (Å²) in [6.07, 6.45) is 1.70. The molecular weight excluding hydrogens is 268 g/mol. The van der Waals surface area contributed by atoms with Crippen LogP contribution in [0, 0.1) is 0 Å². The smallest absolute Gasteiger partial charge is 0.116 e. The topological polar surface area (TPSA) is 25.8 Å². The lowest BCUT2D eigenvalue weighted by molar-refractivity contribution is 0.641. The van der Waals surface area contributed by atoms with Gasteiger partial charge in [0, 0.05) is 16.4 Å². The van der Waals surface area contributed by atoms with Gasteiger partial charge < -0.3 is 0 Å². The third kappa shape index (κ3) is 1.67. The fraction of sp³-hybridized carbons (Fsp3) is 0.300. The molecule has 3 aromatic rings. The highest BCUT2D eigenvalue weighted by molar-refractivity contribution is 5.99. The molecule has 0 spiro atoms. The average Bonchev–Trinajstić information content (AvgIpc) is 2.52. The molecule has 2 heteroatoms. The van der Waals surface area contributed by atoms with Crippen LogP contribution < -0.4 is 0 Å². The van der Waals surface area contributed by atoms with E-state index in [1.807, 2.05) is 0 Å². The zero-order chi connectivity index (χ0) is 15.5. The van der Waals surface area contributed by atoms with Crippen LogP contribution in [-0.4, -0.2) is 9.97 Å². The molecule has 0 radical (unpaired) electrons. The highest BCUT2D eigenvalue weighted by Crippen LogP contribution is 2.47. The van der Waals surface area contributed by atoms with Gasteiger partial charge in [-0.2, -0.15) is 0 Å². The van der Waals surface area contributed by atoms with Crippen LogP contribution in [0.5, 0.6) is 0 Å². The molecule has 0 bridgehead atoms. The Bertz CT molecular complexity index is 891. The first kappa shape index (κ1) is 13.4. The van der Waals surface area contributed by atoms with Crippen molar-refractivity contribution in [2.45, 2.75) is 39.0 Å². The molecule has 1 aromatic heterocycles. The molecule has 0 fully saturated rings. The molecule has 1 heterocycles. The number of benzene rings is 2. The molecule has 0 N–H and O–H groups in total. The number of nitrogens with zero attached hydrogens (tertiary/aromatic N) is 2. The second kappa shape index (κ2) is 4.39. The molecule has 0 saturated carbocycles. The van der Waals surface area contributed by atoms with Crippen LogP contribution >= 0.6 is 0 Å². The number of rotatable bonds is 1. The molecule has 0 aliphatic heterocycles. The van der Waals surface area contributed by atoms with E-state index in [0.29, 0.717) is 5.92 Å². The summed E-state index contributed by atoms with van der Waals surface area (Å²) in [5.74, 6) is 0.493. The second-order valence-corrected chi connectivity index (χ2v) is 7.01. The summed E-state index contributed by atoms with van der Waals surface area (Å²) >= 11 is 0. The van der Waals surface area contributed by atoms with Crippen LogP contribution in [0.15, 0.2) is 42.7 Å². The van der Waals surface area contributed by atoms with E-state index in [0.717, 1.165) is 11.2 Å². The predicted octanol–water partition coefficient (Wildman–Crippen LogP) is 5.06. The molecular formula is C20H20N2. The zero-order valence-electron chi connectivity index (χ0n) is 13.5. The van der Waals surface area contributed by atoms with Gasteiger partial charge in [-0.3, -0.25) is 0 Å². The van der Waals surface area contributed by atoms with Crippen LogP contribution in [0.25, 0.3) is 22.2 Å². The molecule has 4 rings (SSSR count). The van der Waals surface area contributed by atoms with Gasteiger partial charge >= 0.3 is 0 Å². The molecule has 2 nitrogen and oxygen atoms in total. The van der Waals surface area contributed by atoms with E-state index < -0.39 is 0 Å². The molecule has 0 saturated heterocycles. The maximum absolute atomic E-state index is 4.61. The molecule has 110 valence electrons. The minimum atomic E-state index is -0.0303. The Balaban J connectivity index is 2.20. The molecule has 0 unspecified atom stereocenters. The van der Waals surface area contributed by atoms with Crippen molar-refractivity contribution in [3.05, 3.63) is 59.4 Å². The minimum Gasteiger partial charge on any atom is -0.236 e. The van der Waals surface area contributed by atoms with Crippen molar-refractivity contribution >= 4 is 10.9 Å².